The molecule has 0 unspecified atom stereocenters. The van der Waals surface area contributed by atoms with Gasteiger partial charge in [0, 0.05) is 17.3 Å². The second kappa shape index (κ2) is 8.44. The van der Waals surface area contributed by atoms with Crippen LogP contribution in [0.3, 0.4) is 0 Å². The van der Waals surface area contributed by atoms with Gasteiger partial charge in [0.2, 0.25) is 0 Å². The molecule has 0 saturated heterocycles. The topological polar surface area (TPSA) is 47.6 Å². The fourth-order valence-corrected chi connectivity index (χ4v) is 2.24. The summed E-state index contributed by atoms with van der Waals surface area (Å²) in [5.74, 6) is 0.447. The minimum Gasteiger partial charge on any atom is -0.494 e. The first-order valence-electron chi connectivity index (χ1n) is 7.41. The van der Waals surface area contributed by atoms with Crippen LogP contribution in [-0.2, 0) is 4.74 Å². The Morgan fingerprint density at radius 3 is 2.61 bits per heavy atom. The largest absolute Gasteiger partial charge is 0.494 e. The summed E-state index contributed by atoms with van der Waals surface area (Å²) in [7, 11) is 1.35. The second-order valence-electron chi connectivity index (χ2n) is 5.12. The van der Waals surface area contributed by atoms with Crippen molar-refractivity contribution in [1.29, 1.82) is 0 Å². The Balaban J connectivity index is 1.82. The number of hydrogen-bond donors (Lipinski definition) is 1. The summed E-state index contributed by atoms with van der Waals surface area (Å²) in [6.45, 7) is 3.31. The van der Waals surface area contributed by atoms with Crippen molar-refractivity contribution < 1.29 is 14.3 Å². The minimum atomic E-state index is -0.411. The average Bonchev–Trinajstić information content (AvgIpc) is 2.56. The first kappa shape index (κ1) is 17.2. The lowest BCUT2D eigenvalue weighted by molar-refractivity contribution is 0.0602. The van der Waals surface area contributed by atoms with E-state index in [1.165, 1.54) is 12.7 Å². The number of rotatable bonds is 7. The van der Waals surface area contributed by atoms with Gasteiger partial charge < -0.3 is 14.8 Å². The maximum Gasteiger partial charge on any atom is 0.340 e. The predicted octanol–water partition coefficient (Wildman–Crippen LogP) is 4.32. The Morgan fingerprint density at radius 2 is 1.91 bits per heavy atom. The minimum absolute atomic E-state index is 0.411. The van der Waals surface area contributed by atoms with Crippen LogP contribution in [0.15, 0.2) is 42.5 Å². The molecule has 0 fully saturated rings. The average molecular weight is 334 g/mol. The number of esters is 1. The number of halogens is 1. The van der Waals surface area contributed by atoms with Crippen LogP contribution in [-0.4, -0.2) is 26.2 Å². The van der Waals surface area contributed by atoms with E-state index < -0.39 is 5.97 Å². The number of anilines is 1. The van der Waals surface area contributed by atoms with Gasteiger partial charge in [-0.15, -0.1) is 0 Å². The molecular formula is C18H20ClNO3. The van der Waals surface area contributed by atoms with Gasteiger partial charge in [-0.3, -0.25) is 0 Å². The molecule has 1 N–H and O–H groups in total. The predicted molar refractivity (Wildman–Crippen MR) is 92.6 cm³/mol. The molecule has 2 rings (SSSR count). The van der Waals surface area contributed by atoms with Gasteiger partial charge in [0.25, 0.3) is 0 Å². The third-order valence-corrected chi connectivity index (χ3v) is 3.55. The van der Waals surface area contributed by atoms with Crippen molar-refractivity contribution in [3.8, 4) is 5.75 Å². The molecule has 0 saturated carbocycles. The highest BCUT2D eigenvalue weighted by Crippen LogP contribution is 2.21. The summed E-state index contributed by atoms with van der Waals surface area (Å²) in [5, 5.41) is 3.71. The fraction of sp³-hybridized carbons (Fsp3) is 0.278. The van der Waals surface area contributed by atoms with Crippen LogP contribution in [0.25, 0.3) is 0 Å². The number of ether oxygens (including phenoxy) is 2. The van der Waals surface area contributed by atoms with E-state index in [1.54, 1.807) is 18.2 Å². The Hall–Kier alpha value is -2.20. The second-order valence-corrected chi connectivity index (χ2v) is 5.56. The molecule has 0 bridgehead atoms. The van der Waals surface area contributed by atoms with Crippen molar-refractivity contribution in [2.45, 2.75) is 13.3 Å². The van der Waals surface area contributed by atoms with Crippen LogP contribution in [0.2, 0.25) is 5.02 Å². The summed E-state index contributed by atoms with van der Waals surface area (Å²) in [5.41, 5.74) is 2.34. The maximum atomic E-state index is 11.7. The molecule has 0 heterocycles. The van der Waals surface area contributed by atoms with Gasteiger partial charge in [0.15, 0.2) is 0 Å². The van der Waals surface area contributed by atoms with Crippen LogP contribution in [0.4, 0.5) is 5.69 Å². The third kappa shape index (κ3) is 5.18. The number of methoxy groups -OCH3 is 1. The molecule has 4 nitrogen and oxygen atoms in total. The van der Waals surface area contributed by atoms with Crippen molar-refractivity contribution >= 4 is 23.3 Å². The summed E-state index contributed by atoms with van der Waals surface area (Å²) >= 11 is 5.92. The number of benzene rings is 2. The van der Waals surface area contributed by atoms with Crippen LogP contribution in [0.1, 0.15) is 22.3 Å². The molecule has 0 atom stereocenters. The Labute approximate surface area is 141 Å². The zero-order valence-corrected chi connectivity index (χ0v) is 14.0. The molecule has 23 heavy (non-hydrogen) atoms. The standard InChI is InChI=1S/C18H20ClNO3/c1-13-4-7-15(8-5-13)23-11-3-10-20-17-9-6-14(19)12-16(17)18(21)22-2/h4-9,12,20H,3,10-11H2,1-2H3. The first-order valence-corrected chi connectivity index (χ1v) is 7.79. The maximum absolute atomic E-state index is 11.7. The Kier molecular flexibility index (Phi) is 6.29. The van der Waals surface area contributed by atoms with Crippen LogP contribution < -0.4 is 10.1 Å². The van der Waals surface area contributed by atoms with Gasteiger partial charge in [-0.1, -0.05) is 29.3 Å². The number of aryl methyl sites for hydroxylation is 1. The molecule has 0 spiro atoms. The van der Waals surface area contributed by atoms with E-state index in [0.717, 1.165) is 12.2 Å². The van der Waals surface area contributed by atoms with E-state index in [1.807, 2.05) is 31.2 Å². The monoisotopic (exact) mass is 333 g/mol. The Morgan fingerprint density at radius 1 is 1.17 bits per heavy atom. The molecule has 0 amide bonds. The van der Waals surface area contributed by atoms with Gasteiger partial charge in [-0.05, 0) is 43.7 Å². The summed E-state index contributed by atoms with van der Waals surface area (Å²) in [6.07, 6.45) is 0.803. The van der Waals surface area contributed by atoms with Crippen molar-refractivity contribution in [3.63, 3.8) is 0 Å². The van der Waals surface area contributed by atoms with Crippen molar-refractivity contribution in [2.75, 3.05) is 25.6 Å². The van der Waals surface area contributed by atoms with Gasteiger partial charge in [-0.25, -0.2) is 4.79 Å². The third-order valence-electron chi connectivity index (χ3n) is 3.31. The van der Waals surface area contributed by atoms with Crippen molar-refractivity contribution in [2.24, 2.45) is 0 Å². The first-order chi connectivity index (χ1) is 11.1. The Bertz CT molecular complexity index is 656. The zero-order chi connectivity index (χ0) is 16.7. The number of carbonyl (C=O) groups excluding carboxylic acids is 1. The van der Waals surface area contributed by atoms with E-state index in [9.17, 15) is 4.79 Å². The van der Waals surface area contributed by atoms with Gasteiger partial charge in [-0.2, -0.15) is 0 Å². The van der Waals surface area contributed by atoms with Crippen LogP contribution in [0.5, 0.6) is 5.75 Å². The summed E-state index contributed by atoms with van der Waals surface area (Å²) < 4.78 is 10.4. The molecule has 2 aromatic carbocycles. The number of nitrogens with one attached hydrogen (secondary N) is 1. The summed E-state index contributed by atoms with van der Waals surface area (Å²) in [6, 6.07) is 13.1. The fourth-order valence-electron chi connectivity index (χ4n) is 2.07. The number of hydrogen-bond acceptors (Lipinski definition) is 4. The molecule has 0 aromatic heterocycles. The smallest absolute Gasteiger partial charge is 0.340 e. The molecular weight excluding hydrogens is 314 g/mol. The van der Waals surface area contributed by atoms with Crippen molar-refractivity contribution in [1.82, 2.24) is 0 Å². The van der Waals surface area contributed by atoms with E-state index >= 15 is 0 Å². The quantitative estimate of drug-likeness (QED) is 0.605. The summed E-state index contributed by atoms with van der Waals surface area (Å²) in [4.78, 5) is 11.7. The van der Waals surface area contributed by atoms with Crippen molar-refractivity contribution in [3.05, 3.63) is 58.6 Å². The highest BCUT2D eigenvalue weighted by atomic mass is 35.5. The van der Waals surface area contributed by atoms with Gasteiger partial charge >= 0.3 is 5.97 Å². The van der Waals surface area contributed by atoms with E-state index in [4.69, 9.17) is 21.1 Å². The molecule has 0 aliphatic carbocycles. The lowest BCUT2D eigenvalue weighted by atomic mass is 10.1. The van der Waals surface area contributed by atoms with Gasteiger partial charge in [0.05, 0.1) is 19.3 Å². The highest BCUT2D eigenvalue weighted by Gasteiger charge is 2.12. The lowest BCUT2D eigenvalue weighted by Gasteiger charge is -2.12. The molecule has 0 aliphatic rings. The molecule has 5 heteroatoms. The van der Waals surface area contributed by atoms with Gasteiger partial charge in [0.1, 0.15) is 5.75 Å². The SMILES string of the molecule is COC(=O)c1cc(Cl)ccc1NCCCOc1ccc(C)cc1. The van der Waals surface area contributed by atoms with Crippen LogP contribution in [0, 0.1) is 6.92 Å². The molecule has 0 aliphatic heterocycles. The van der Waals surface area contributed by atoms with E-state index in [0.29, 0.717) is 29.4 Å². The van der Waals surface area contributed by atoms with E-state index in [2.05, 4.69) is 5.32 Å². The molecule has 2 aromatic rings. The molecule has 122 valence electrons. The van der Waals surface area contributed by atoms with Crippen LogP contribution >= 0.6 is 11.6 Å². The molecule has 0 radical (unpaired) electrons. The lowest BCUT2D eigenvalue weighted by Crippen LogP contribution is -2.11. The number of carbonyl (C=O) groups is 1. The highest BCUT2D eigenvalue weighted by molar-refractivity contribution is 6.31. The van der Waals surface area contributed by atoms with E-state index in [-0.39, 0.29) is 0 Å². The normalized spacial score (nSPS) is 10.2. The zero-order valence-electron chi connectivity index (χ0n) is 13.3.